The topological polar surface area (TPSA) is 0 Å². The van der Waals surface area contributed by atoms with Crippen molar-refractivity contribution >= 4 is 65.9 Å². The molecule has 1 heterocycles. The Bertz CT molecular complexity index is 2020. The van der Waals surface area contributed by atoms with Gasteiger partial charge in [0.1, 0.15) is 0 Å². The van der Waals surface area contributed by atoms with E-state index >= 15 is 0 Å². The molecule has 0 aliphatic rings. The average Bonchev–Trinajstić information content (AvgIpc) is 3.34. The Labute approximate surface area is 226 Å². The Morgan fingerprint density at radius 1 is 0.526 bits per heavy atom. The van der Waals surface area contributed by atoms with Gasteiger partial charge in [0, 0.05) is 15.0 Å². The van der Waals surface area contributed by atoms with E-state index in [1.807, 2.05) is 17.4 Å². The van der Waals surface area contributed by atoms with Crippen LogP contribution in [0.15, 0.2) is 122 Å². The van der Waals surface area contributed by atoms with Crippen LogP contribution >= 0.6 is 11.3 Å². The van der Waals surface area contributed by atoms with Crippen molar-refractivity contribution in [3.8, 4) is 22.3 Å². The average molecular weight is 503 g/mol. The number of allylic oxidation sites excluding steroid dienone is 1. The third-order valence-electron chi connectivity index (χ3n) is 7.55. The van der Waals surface area contributed by atoms with E-state index in [1.165, 1.54) is 75.1 Å². The van der Waals surface area contributed by atoms with Crippen molar-refractivity contribution in [2.24, 2.45) is 0 Å². The number of fused-ring (bicyclic) bond motifs is 7. The van der Waals surface area contributed by atoms with Crippen LogP contribution in [0.2, 0.25) is 0 Å². The van der Waals surface area contributed by atoms with E-state index < -0.39 is 0 Å². The first-order valence-electron chi connectivity index (χ1n) is 13.0. The molecule has 0 spiro atoms. The Morgan fingerprint density at radius 2 is 1.05 bits per heavy atom. The molecule has 0 nitrogen and oxygen atoms in total. The highest BCUT2D eigenvalue weighted by Gasteiger charge is 2.12. The van der Waals surface area contributed by atoms with E-state index in [1.54, 1.807) is 0 Å². The van der Waals surface area contributed by atoms with Crippen LogP contribution in [0.25, 0.3) is 76.8 Å². The van der Waals surface area contributed by atoms with Crippen LogP contribution in [-0.2, 0) is 0 Å². The molecule has 38 heavy (non-hydrogen) atoms. The molecule has 6 aromatic carbocycles. The predicted molar refractivity (Wildman–Crippen MR) is 170 cm³/mol. The molecule has 0 aliphatic carbocycles. The van der Waals surface area contributed by atoms with E-state index in [0.29, 0.717) is 0 Å². The number of thiophene rings is 1. The first kappa shape index (κ1) is 22.7. The molecular formula is C37H26S. The fraction of sp³-hybridized carbons (Fsp3) is 0.0270. The summed E-state index contributed by atoms with van der Waals surface area (Å²) in [5.41, 5.74) is 6.20. The van der Waals surface area contributed by atoms with Gasteiger partial charge in [0.2, 0.25) is 0 Å². The summed E-state index contributed by atoms with van der Waals surface area (Å²) in [7, 11) is 0. The summed E-state index contributed by atoms with van der Waals surface area (Å²) in [4.78, 5) is 1.22. The Kier molecular flexibility index (Phi) is 5.46. The molecule has 1 heteroatoms. The van der Waals surface area contributed by atoms with Gasteiger partial charge in [-0.25, -0.2) is 0 Å². The maximum absolute atomic E-state index is 4.03. The summed E-state index contributed by atoms with van der Waals surface area (Å²) in [6.07, 6.45) is 6.25. The molecule has 0 aliphatic heterocycles. The fourth-order valence-corrected chi connectivity index (χ4v) is 6.85. The van der Waals surface area contributed by atoms with Crippen molar-refractivity contribution in [3.05, 3.63) is 132 Å². The van der Waals surface area contributed by atoms with Crippen LogP contribution in [0.1, 0.15) is 17.4 Å². The predicted octanol–water partition coefficient (Wildman–Crippen LogP) is 11.4. The number of hydrogen-bond acceptors (Lipinski definition) is 1. The largest absolute Gasteiger partial charge is 0.135 e. The Balaban J connectivity index is 1.38. The van der Waals surface area contributed by atoms with Gasteiger partial charge in [-0.3, -0.25) is 0 Å². The summed E-state index contributed by atoms with van der Waals surface area (Å²) in [5, 5.41) is 9.12. The Hall–Kier alpha value is -4.46. The number of rotatable bonds is 4. The third kappa shape index (κ3) is 3.59. The quantitative estimate of drug-likeness (QED) is 0.210. The van der Waals surface area contributed by atoms with Crippen LogP contribution in [0.3, 0.4) is 0 Å². The molecule has 7 rings (SSSR count). The molecular weight excluding hydrogens is 476 g/mol. The van der Waals surface area contributed by atoms with Crippen molar-refractivity contribution in [1.82, 2.24) is 0 Å². The fourth-order valence-electron chi connectivity index (χ4n) is 5.77. The summed E-state index contributed by atoms with van der Waals surface area (Å²) in [6.45, 7) is 6.09. The van der Waals surface area contributed by atoms with Crippen LogP contribution < -0.4 is 0 Å². The molecule has 7 aromatic rings. The second-order valence-electron chi connectivity index (χ2n) is 9.73. The molecule has 0 radical (unpaired) electrons. The monoisotopic (exact) mass is 502 g/mol. The summed E-state index contributed by atoms with van der Waals surface area (Å²) >= 11 is 1.81. The normalized spacial score (nSPS) is 11.8. The smallest absolute Gasteiger partial charge is 0.0361 e. The van der Waals surface area contributed by atoms with E-state index in [2.05, 4.69) is 135 Å². The highest BCUT2D eigenvalue weighted by Crippen LogP contribution is 2.39. The van der Waals surface area contributed by atoms with Gasteiger partial charge in [0.05, 0.1) is 0 Å². The van der Waals surface area contributed by atoms with Gasteiger partial charge in [-0.2, -0.15) is 0 Å². The van der Waals surface area contributed by atoms with Gasteiger partial charge in [-0.1, -0.05) is 116 Å². The zero-order valence-corrected chi connectivity index (χ0v) is 22.1. The highest BCUT2D eigenvalue weighted by molar-refractivity contribution is 7.20. The van der Waals surface area contributed by atoms with Gasteiger partial charge in [-0.05, 0) is 85.3 Å². The van der Waals surface area contributed by atoms with Gasteiger partial charge >= 0.3 is 0 Å². The molecule has 1 aromatic heterocycles. The van der Waals surface area contributed by atoms with Crippen molar-refractivity contribution in [1.29, 1.82) is 0 Å². The first-order chi connectivity index (χ1) is 18.7. The molecule has 0 atom stereocenters. The summed E-state index contributed by atoms with van der Waals surface area (Å²) in [6, 6.07) is 40.2. The van der Waals surface area contributed by atoms with E-state index in [4.69, 9.17) is 0 Å². The minimum atomic E-state index is 1.22. The van der Waals surface area contributed by atoms with Gasteiger partial charge in [0.15, 0.2) is 0 Å². The number of benzene rings is 6. The highest BCUT2D eigenvalue weighted by atomic mass is 32.1. The zero-order valence-electron chi connectivity index (χ0n) is 21.2. The maximum Gasteiger partial charge on any atom is 0.0361 e. The lowest BCUT2D eigenvalue weighted by molar-refractivity contribution is 1.62. The van der Waals surface area contributed by atoms with E-state index in [0.717, 1.165) is 0 Å². The summed E-state index contributed by atoms with van der Waals surface area (Å²) in [5.74, 6) is 0. The first-order valence-corrected chi connectivity index (χ1v) is 13.8. The Morgan fingerprint density at radius 3 is 1.66 bits per heavy atom. The third-order valence-corrected chi connectivity index (χ3v) is 8.71. The van der Waals surface area contributed by atoms with Crippen LogP contribution in [0, 0.1) is 0 Å². The van der Waals surface area contributed by atoms with Crippen molar-refractivity contribution < 1.29 is 0 Å². The zero-order chi connectivity index (χ0) is 25.6. The minimum Gasteiger partial charge on any atom is -0.135 e. The van der Waals surface area contributed by atoms with Crippen LogP contribution in [-0.4, -0.2) is 0 Å². The standard InChI is InChI=1S/C37H26S/c1-3-10-33-34-20-18-27(23-37(34)38-36(33)4-2)25-12-9-11-24(21-25)26-17-19-32-30-15-6-5-13-28(30)29-14-7-8-16-31(29)35(32)22-26/h3-23H,2H2,1H3/b10-3-. The van der Waals surface area contributed by atoms with Crippen molar-refractivity contribution in [2.75, 3.05) is 0 Å². The molecule has 0 saturated heterocycles. The molecule has 0 saturated carbocycles. The molecule has 180 valence electrons. The van der Waals surface area contributed by atoms with Gasteiger partial charge in [0.25, 0.3) is 0 Å². The van der Waals surface area contributed by atoms with Crippen molar-refractivity contribution in [2.45, 2.75) is 6.92 Å². The van der Waals surface area contributed by atoms with E-state index in [9.17, 15) is 0 Å². The molecule has 0 unspecified atom stereocenters. The van der Waals surface area contributed by atoms with Crippen LogP contribution in [0.5, 0.6) is 0 Å². The molecule has 0 N–H and O–H groups in total. The molecule has 0 amide bonds. The lowest BCUT2D eigenvalue weighted by Crippen LogP contribution is -1.85. The number of hydrogen-bond donors (Lipinski definition) is 0. The van der Waals surface area contributed by atoms with Crippen molar-refractivity contribution in [3.63, 3.8) is 0 Å². The van der Waals surface area contributed by atoms with Gasteiger partial charge < -0.3 is 0 Å². The maximum atomic E-state index is 4.03. The summed E-state index contributed by atoms with van der Waals surface area (Å²) < 4.78 is 1.29. The molecule has 0 bridgehead atoms. The SMILES string of the molecule is C=Cc1sc2cc(-c3cccc(-c4ccc5c6ccccc6c6ccccc6c5c4)c3)ccc2c1/C=C\C. The minimum absolute atomic E-state index is 1.22. The lowest BCUT2D eigenvalue weighted by Gasteiger charge is -2.12. The second-order valence-corrected chi connectivity index (χ2v) is 10.8. The molecule has 0 fully saturated rings. The van der Waals surface area contributed by atoms with Gasteiger partial charge in [-0.15, -0.1) is 11.3 Å². The van der Waals surface area contributed by atoms with Crippen LogP contribution in [0.4, 0.5) is 0 Å². The second kappa shape index (κ2) is 9.13. The lowest BCUT2D eigenvalue weighted by atomic mass is 9.91. The van der Waals surface area contributed by atoms with E-state index in [-0.39, 0.29) is 0 Å².